The summed E-state index contributed by atoms with van der Waals surface area (Å²) in [6.07, 6.45) is 6.73. The van der Waals surface area contributed by atoms with Gasteiger partial charge in [0.05, 0.1) is 0 Å². The van der Waals surface area contributed by atoms with Crippen molar-refractivity contribution in [2.75, 3.05) is 19.6 Å². The van der Waals surface area contributed by atoms with Crippen molar-refractivity contribution in [3.63, 3.8) is 0 Å². The Morgan fingerprint density at radius 3 is 3.00 bits per heavy atom. The highest BCUT2D eigenvalue weighted by Crippen LogP contribution is 2.17. The van der Waals surface area contributed by atoms with E-state index in [1.807, 2.05) is 0 Å². The van der Waals surface area contributed by atoms with Gasteiger partial charge >= 0.3 is 6.03 Å². The molecule has 4 nitrogen and oxygen atoms in total. The van der Waals surface area contributed by atoms with Crippen LogP contribution >= 0.6 is 0 Å². The van der Waals surface area contributed by atoms with Crippen LogP contribution in [0, 0.1) is 0 Å². The molecule has 0 unspecified atom stereocenters. The van der Waals surface area contributed by atoms with Crippen molar-refractivity contribution in [1.82, 2.24) is 16.0 Å². The van der Waals surface area contributed by atoms with Gasteiger partial charge < -0.3 is 16.0 Å². The molecule has 0 aromatic rings. The van der Waals surface area contributed by atoms with Gasteiger partial charge in [0, 0.05) is 19.1 Å². The zero-order valence-electron chi connectivity index (χ0n) is 9.01. The first-order valence-electron chi connectivity index (χ1n) is 5.77. The van der Waals surface area contributed by atoms with E-state index in [0.29, 0.717) is 12.6 Å². The molecule has 2 rings (SSSR count). The molecule has 0 radical (unpaired) electrons. The predicted octanol–water partition coefficient (Wildman–Crippen LogP) is 0.758. The summed E-state index contributed by atoms with van der Waals surface area (Å²) >= 11 is 0. The second-order valence-corrected chi connectivity index (χ2v) is 4.27. The minimum Gasteiger partial charge on any atom is -0.335 e. The van der Waals surface area contributed by atoms with Gasteiger partial charge in [0.15, 0.2) is 0 Å². The number of hydrogen-bond acceptors (Lipinski definition) is 2. The average molecular weight is 209 g/mol. The van der Waals surface area contributed by atoms with Crippen LogP contribution in [-0.4, -0.2) is 31.7 Å². The molecule has 1 heterocycles. The predicted molar refractivity (Wildman–Crippen MR) is 59.7 cm³/mol. The fourth-order valence-corrected chi connectivity index (χ4v) is 1.81. The standard InChI is InChI=1S/C11H19N3O/c15-11(14-10-2-1-3-10)13-8-9-4-6-12-7-5-9/h4,10,12H,1-3,5-8H2,(H2,13,14,15). The Balaban J connectivity index is 1.63. The molecular weight excluding hydrogens is 190 g/mol. The maximum absolute atomic E-state index is 11.4. The molecular formula is C11H19N3O. The third kappa shape index (κ3) is 3.23. The maximum Gasteiger partial charge on any atom is 0.315 e. The molecule has 1 aliphatic heterocycles. The van der Waals surface area contributed by atoms with E-state index >= 15 is 0 Å². The Bertz CT molecular complexity index is 259. The lowest BCUT2D eigenvalue weighted by atomic mass is 9.93. The molecule has 1 aliphatic carbocycles. The summed E-state index contributed by atoms with van der Waals surface area (Å²) in [7, 11) is 0. The molecule has 2 aliphatic rings. The van der Waals surface area contributed by atoms with Gasteiger partial charge in [-0.15, -0.1) is 0 Å². The summed E-state index contributed by atoms with van der Waals surface area (Å²) < 4.78 is 0. The molecule has 0 saturated heterocycles. The van der Waals surface area contributed by atoms with Gasteiger partial charge in [0.25, 0.3) is 0 Å². The average Bonchev–Trinajstić information content (AvgIpc) is 2.22. The Morgan fingerprint density at radius 1 is 1.53 bits per heavy atom. The van der Waals surface area contributed by atoms with E-state index in [4.69, 9.17) is 0 Å². The van der Waals surface area contributed by atoms with E-state index in [-0.39, 0.29) is 6.03 Å². The van der Waals surface area contributed by atoms with Gasteiger partial charge in [-0.05, 0) is 32.2 Å². The van der Waals surface area contributed by atoms with Gasteiger partial charge in [-0.1, -0.05) is 11.6 Å². The van der Waals surface area contributed by atoms with Crippen LogP contribution in [0.15, 0.2) is 11.6 Å². The zero-order valence-corrected chi connectivity index (χ0v) is 9.01. The van der Waals surface area contributed by atoms with Crippen molar-refractivity contribution in [1.29, 1.82) is 0 Å². The van der Waals surface area contributed by atoms with E-state index in [1.54, 1.807) is 0 Å². The van der Waals surface area contributed by atoms with E-state index < -0.39 is 0 Å². The van der Waals surface area contributed by atoms with Crippen LogP contribution < -0.4 is 16.0 Å². The third-order valence-electron chi connectivity index (χ3n) is 3.07. The fourth-order valence-electron chi connectivity index (χ4n) is 1.81. The SMILES string of the molecule is O=C(NCC1=CCNCC1)NC1CCC1. The lowest BCUT2D eigenvalue weighted by Crippen LogP contribution is -2.45. The Kier molecular flexibility index (Phi) is 3.61. The molecule has 15 heavy (non-hydrogen) atoms. The van der Waals surface area contributed by atoms with Crippen LogP contribution in [0.1, 0.15) is 25.7 Å². The number of urea groups is 1. The molecule has 4 heteroatoms. The van der Waals surface area contributed by atoms with Crippen molar-refractivity contribution >= 4 is 6.03 Å². The Morgan fingerprint density at radius 2 is 2.40 bits per heavy atom. The molecule has 0 atom stereocenters. The van der Waals surface area contributed by atoms with E-state index in [2.05, 4.69) is 22.0 Å². The summed E-state index contributed by atoms with van der Waals surface area (Å²) in [6, 6.07) is 0.408. The van der Waals surface area contributed by atoms with Crippen molar-refractivity contribution in [3.05, 3.63) is 11.6 Å². The number of nitrogens with one attached hydrogen (secondary N) is 3. The Labute approximate surface area is 90.5 Å². The zero-order chi connectivity index (χ0) is 10.5. The van der Waals surface area contributed by atoms with Gasteiger partial charge in [0.1, 0.15) is 0 Å². The number of rotatable bonds is 3. The first-order valence-corrected chi connectivity index (χ1v) is 5.77. The molecule has 84 valence electrons. The molecule has 1 saturated carbocycles. The second-order valence-electron chi connectivity index (χ2n) is 4.27. The molecule has 1 fully saturated rings. The van der Waals surface area contributed by atoms with Crippen LogP contribution in [-0.2, 0) is 0 Å². The van der Waals surface area contributed by atoms with Crippen molar-refractivity contribution < 1.29 is 4.79 Å². The topological polar surface area (TPSA) is 53.2 Å². The quantitative estimate of drug-likeness (QED) is 0.601. The highest BCUT2D eigenvalue weighted by molar-refractivity contribution is 5.74. The van der Waals surface area contributed by atoms with Gasteiger partial charge in [0.2, 0.25) is 0 Å². The van der Waals surface area contributed by atoms with Crippen molar-refractivity contribution in [2.24, 2.45) is 0 Å². The van der Waals surface area contributed by atoms with Crippen LogP contribution in [0.2, 0.25) is 0 Å². The van der Waals surface area contributed by atoms with Crippen LogP contribution in [0.3, 0.4) is 0 Å². The molecule has 0 aromatic heterocycles. The summed E-state index contributed by atoms with van der Waals surface area (Å²) in [5.74, 6) is 0. The molecule has 0 bridgehead atoms. The van der Waals surface area contributed by atoms with Gasteiger partial charge in [-0.25, -0.2) is 4.79 Å². The normalized spacial score (nSPS) is 21.5. The monoisotopic (exact) mass is 209 g/mol. The van der Waals surface area contributed by atoms with E-state index in [9.17, 15) is 4.79 Å². The third-order valence-corrected chi connectivity index (χ3v) is 3.07. The highest BCUT2D eigenvalue weighted by Gasteiger charge is 2.19. The molecule has 0 aromatic carbocycles. The number of carbonyl (C=O) groups excluding carboxylic acids is 1. The molecule has 0 spiro atoms. The number of amides is 2. The minimum absolute atomic E-state index is 0.0147. The number of hydrogen-bond donors (Lipinski definition) is 3. The summed E-state index contributed by atoms with van der Waals surface area (Å²) in [6.45, 7) is 2.65. The maximum atomic E-state index is 11.4. The van der Waals surface area contributed by atoms with Crippen LogP contribution in [0.5, 0.6) is 0 Å². The summed E-state index contributed by atoms with van der Waals surface area (Å²) in [5.41, 5.74) is 1.33. The Hall–Kier alpha value is -1.03. The summed E-state index contributed by atoms with van der Waals surface area (Å²) in [4.78, 5) is 11.4. The van der Waals surface area contributed by atoms with Gasteiger partial charge in [-0.3, -0.25) is 0 Å². The second kappa shape index (κ2) is 5.16. The molecule has 3 N–H and O–H groups in total. The fraction of sp³-hybridized carbons (Fsp3) is 0.727. The largest absolute Gasteiger partial charge is 0.335 e. The first kappa shape index (κ1) is 10.5. The summed E-state index contributed by atoms with van der Waals surface area (Å²) in [5, 5.41) is 9.12. The smallest absolute Gasteiger partial charge is 0.315 e. The first-order chi connectivity index (χ1) is 7.34. The van der Waals surface area contributed by atoms with E-state index in [1.165, 1.54) is 12.0 Å². The van der Waals surface area contributed by atoms with Crippen LogP contribution in [0.4, 0.5) is 4.79 Å². The highest BCUT2D eigenvalue weighted by atomic mass is 16.2. The molecule has 2 amide bonds. The number of carbonyl (C=O) groups is 1. The van der Waals surface area contributed by atoms with E-state index in [0.717, 1.165) is 32.4 Å². The van der Waals surface area contributed by atoms with Gasteiger partial charge in [-0.2, -0.15) is 0 Å². The lowest BCUT2D eigenvalue weighted by Gasteiger charge is -2.26. The van der Waals surface area contributed by atoms with Crippen molar-refractivity contribution in [3.8, 4) is 0 Å². The minimum atomic E-state index is -0.0147. The van der Waals surface area contributed by atoms with Crippen LogP contribution in [0.25, 0.3) is 0 Å². The van der Waals surface area contributed by atoms with Crippen molar-refractivity contribution in [2.45, 2.75) is 31.7 Å². The lowest BCUT2D eigenvalue weighted by molar-refractivity contribution is 0.229.